The van der Waals surface area contributed by atoms with Gasteiger partial charge in [-0.2, -0.15) is 0 Å². The predicted molar refractivity (Wildman–Crippen MR) is 76.0 cm³/mol. The van der Waals surface area contributed by atoms with Crippen molar-refractivity contribution < 1.29 is 4.42 Å². The Labute approximate surface area is 112 Å². The number of aryl methyl sites for hydroxylation is 2. The van der Waals surface area contributed by atoms with E-state index in [1.807, 2.05) is 6.20 Å². The normalized spacial score (nSPS) is 11.3. The fraction of sp³-hybridized carbons (Fsp3) is 0.500. The lowest BCUT2D eigenvalue weighted by atomic mass is 10.2. The van der Waals surface area contributed by atoms with E-state index in [9.17, 15) is 0 Å². The largest absolute Gasteiger partial charge is 0.440 e. The Hall–Kier alpha value is -1.13. The Bertz CT molecular complexity index is 487. The maximum absolute atomic E-state index is 5.79. The number of thiophene rings is 1. The Balaban J connectivity index is 1.89. The van der Waals surface area contributed by atoms with Crippen LogP contribution in [-0.2, 0) is 6.42 Å². The minimum absolute atomic E-state index is 0.541. The van der Waals surface area contributed by atoms with E-state index in [1.165, 1.54) is 10.4 Å². The van der Waals surface area contributed by atoms with Gasteiger partial charge < -0.3 is 9.73 Å². The lowest BCUT2D eigenvalue weighted by molar-refractivity contribution is 0.485. The topological polar surface area (TPSA) is 38.1 Å². The van der Waals surface area contributed by atoms with Gasteiger partial charge in [-0.1, -0.05) is 13.8 Å². The summed E-state index contributed by atoms with van der Waals surface area (Å²) in [6, 6.07) is 2.65. The van der Waals surface area contributed by atoms with Gasteiger partial charge in [0, 0.05) is 12.5 Å². The van der Waals surface area contributed by atoms with E-state index >= 15 is 0 Å². The van der Waals surface area contributed by atoms with Gasteiger partial charge in [-0.25, -0.2) is 4.98 Å². The summed E-state index contributed by atoms with van der Waals surface area (Å²) in [6.45, 7) is 7.42. The van der Waals surface area contributed by atoms with Crippen molar-refractivity contribution in [1.82, 2.24) is 10.3 Å². The van der Waals surface area contributed by atoms with Crippen molar-refractivity contribution in [2.45, 2.75) is 39.7 Å². The maximum atomic E-state index is 5.79. The van der Waals surface area contributed by atoms with Crippen molar-refractivity contribution in [2.75, 3.05) is 6.54 Å². The predicted octanol–water partition coefficient (Wildman–Crippen LogP) is 3.64. The summed E-state index contributed by atoms with van der Waals surface area (Å²) in [4.78, 5) is 5.53. The fourth-order valence-corrected chi connectivity index (χ4v) is 2.66. The first kappa shape index (κ1) is 13.3. The molecule has 0 fully saturated rings. The second-order valence-corrected chi connectivity index (χ2v) is 5.68. The molecule has 98 valence electrons. The molecule has 0 spiro atoms. The molecule has 0 aliphatic rings. The fourth-order valence-electron chi connectivity index (χ4n) is 1.79. The highest BCUT2D eigenvalue weighted by molar-refractivity contribution is 7.13. The van der Waals surface area contributed by atoms with Crippen LogP contribution in [0.1, 0.15) is 31.7 Å². The van der Waals surface area contributed by atoms with Crippen molar-refractivity contribution in [1.29, 1.82) is 0 Å². The maximum Gasteiger partial charge on any atom is 0.194 e. The van der Waals surface area contributed by atoms with Gasteiger partial charge in [0.2, 0.25) is 0 Å². The third-order valence-corrected chi connectivity index (χ3v) is 3.79. The number of nitrogens with one attached hydrogen (secondary N) is 1. The van der Waals surface area contributed by atoms with Crippen LogP contribution >= 0.6 is 11.3 Å². The lowest BCUT2D eigenvalue weighted by Crippen LogP contribution is -2.23. The zero-order valence-electron chi connectivity index (χ0n) is 11.2. The number of hydrogen-bond donors (Lipinski definition) is 1. The zero-order chi connectivity index (χ0) is 13.0. The van der Waals surface area contributed by atoms with Crippen molar-refractivity contribution in [3.63, 3.8) is 0 Å². The number of rotatable bonds is 6. The molecule has 18 heavy (non-hydrogen) atoms. The molecule has 4 heteroatoms. The molecule has 3 nitrogen and oxygen atoms in total. The lowest BCUT2D eigenvalue weighted by Gasteiger charge is -2.05. The van der Waals surface area contributed by atoms with Crippen LogP contribution in [0.3, 0.4) is 0 Å². The molecule has 2 heterocycles. The summed E-state index contributed by atoms with van der Waals surface area (Å²) in [7, 11) is 0. The van der Waals surface area contributed by atoms with E-state index in [0.717, 1.165) is 31.0 Å². The van der Waals surface area contributed by atoms with E-state index in [0.29, 0.717) is 6.04 Å². The van der Waals surface area contributed by atoms with Crippen LogP contribution in [0, 0.1) is 6.92 Å². The number of aromatic nitrogens is 1. The smallest absolute Gasteiger partial charge is 0.194 e. The van der Waals surface area contributed by atoms with Gasteiger partial charge in [-0.15, -0.1) is 11.3 Å². The van der Waals surface area contributed by atoms with Crippen LogP contribution in [0.5, 0.6) is 0 Å². The highest BCUT2D eigenvalue weighted by Crippen LogP contribution is 2.29. The molecule has 2 aromatic heterocycles. The van der Waals surface area contributed by atoms with E-state index in [4.69, 9.17) is 4.42 Å². The first-order chi connectivity index (χ1) is 8.66. The minimum atomic E-state index is 0.541. The third kappa shape index (κ3) is 3.43. The second kappa shape index (κ2) is 6.16. The molecule has 0 unspecified atom stereocenters. The Morgan fingerprint density at radius 1 is 1.44 bits per heavy atom. The Kier molecular flexibility index (Phi) is 4.55. The molecular weight excluding hydrogens is 244 g/mol. The second-order valence-electron chi connectivity index (χ2n) is 4.76. The van der Waals surface area contributed by atoms with Crippen LogP contribution in [0.15, 0.2) is 22.1 Å². The molecule has 0 bridgehead atoms. The number of oxazole rings is 1. The molecule has 0 saturated carbocycles. The van der Waals surface area contributed by atoms with Crippen LogP contribution < -0.4 is 5.32 Å². The Morgan fingerprint density at radius 3 is 2.94 bits per heavy atom. The first-order valence-corrected chi connectivity index (χ1v) is 7.27. The summed E-state index contributed by atoms with van der Waals surface area (Å²) < 4.78 is 5.79. The van der Waals surface area contributed by atoms with Crippen molar-refractivity contribution in [3.05, 3.63) is 29.1 Å². The van der Waals surface area contributed by atoms with Crippen molar-refractivity contribution >= 4 is 11.3 Å². The molecule has 0 aliphatic carbocycles. The molecule has 0 atom stereocenters. The molecule has 0 aromatic carbocycles. The van der Waals surface area contributed by atoms with Gasteiger partial charge >= 0.3 is 0 Å². The highest BCUT2D eigenvalue weighted by atomic mass is 32.1. The average Bonchev–Trinajstić information content (AvgIpc) is 2.92. The zero-order valence-corrected chi connectivity index (χ0v) is 12.0. The summed E-state index contributed by atoms with van der Waals surface area (Å²) in [5.74, 6) is 1.73. The van der Waals surface area contributed by atoms with Gasteiger partial charge in [0.1, 0.15) is 0 Å². The summed E-state index contributed by atoms with van der Waals surface area (Å²) in [5.41, 5.74) is 1.25. The van der Waals surface area contributed by atoms with E-state index in [1.54, 1.807) is 11.3 Å². The van der Waals surface area contributed by atoms with Crippen LogP contribution in [0.25, 0.3) is 10.6 Å². The molecule has 0 radical (unpaired) electrons. The van der Waals surface area contributed by atoms with Crippen LogP contribution in [-0.4, -0.2) is 17.6 Å². The summed E-state index contributed by atoms with van der Waals surface area (Å²) in [5, 5.41) is 5.47. The van der Waals surface area contributed by atoms with E-state index in [2.05, 4.69) is 42.5 Å². The molecule has 1 N–H and O–H groups in total. The number of nitrogens with zero attached hydrogens (tertiary/aromatic N) is 1. The van der Waals surface area contributed by atoms with Crippen molar-refractivity contribution in [2.24, 2.45) is 0 Å². The Morgan fingerprint density at radius 2 is 2.28 bits per heavy atom. The third-order valence-electron chi connectivity index (χ3n) is 2.76. The minimum Gasteiger partial charge on any atom is -0.440 e. The van der Waals surface area contributed by atoms with Gasteiger partial charge in [-0.3, -0.25) is 0 Å². The average molecular weight is 264 g/mol. The summed E-state index contributed by atoms with van der Waals surface area (Å²) >= 11 is 1.70. The monoisotopic (exact) mass is 264 g/mol. The quantitative estimate of drug-likeness (QED) is 0.809. The van der Waals surface area contributed by atoms with Gasteiger partial charge in [0.05, 0.1) is 11.1 Å². The van der Waals surface area contributed by atoms with E-state index in [-0.39, 0.29) is 0 Å². The van der Waals surface area contributed by atoms with Gasteiger partial charge in [0.25, 0.3) is 0 Å². The molecule has 0 amide bonds. The molecule has 0 aliphatic heterocycles. The van der Waals surface area contributed by atoms with Crippen LogP contribution in [0.2, 0.25) is 0 Å². The van der Waals surface area contributed by atoms with Crippen LogP contribution in [0.4, 0.5) is 0 Å². The van der Waals surface area contributed by atoms with E-state index < -0.39 is 0 Å². The van der Waals surface area contributed by atoms with Gasteiger partial charge in [-0.05, 0) is 36.9 Å². The molecule has 0 saturated heterocycles. The number of hydrogen-bond acceptors (Lipinski definition) is 4. The van der Waals surface area contributed by atoms with Crippen molar-refractivity contribution in [3.8, 4) is 10.6 Å². The molecule has 2 rings (SSSR count). The molecular formula is C14H20N2OS. The SMILES string of the molecule is Cc1ccsc1-c1cnc(CCCNC(C)C)o1. The molecule has 2 aromatic rings. The standard InChI is InChI=1S/C14H20N2OS/c1-10(2)15-7-4-5-13-16-9-12(17-13)14-11(3)6-8-18-14/h6,8-10,15H,4-5,7H2,1-3H3. The van der Waals surface area contributed by atoms with Gasteiger partial charge in [0.15, 0.2) is 11.7 Å². The summed E-state index contributed by atoms with van der Waals surface area (Å²) in [6.07, 6.45) is 3.79. The highest BCUT2D eigenvalue weighted by Gasteiger charge is 2.09. The first-order valence-electron chi connectivity index (χ1n) is 6.39.